The Hall–Kier alpha value is -1.94. The third kappa shape index (κ3) is 1.63. The second kappa shape index (κ2) is 3.90. The average molecular weight is 227 g/mol. The first kappa shape index (κ1) is 9.30. The maximum Gasteiger partial charge on any atom is 0.0969 e. The molecule has 0 aliphatic carbocycles. The molecule has 3 rings (SSSR count). The van der Waals surface area contributed by atoms with E-state index in [1.165, 1.54) is 22.7 Å². The van der Waals surface area contributed by atoms with Gasteiger partial charge in [-0.2, -0.15) is 8.75 Å². The van der Waals surface area contributed by atoms with Gasteiger partial charge in [0.25, 0.3) is 0 Å². The van der Waals surface area contributed by atoms with Gasteiger partial charge in [-0.05, 0) is 17.7 Å². The van der Waals surface area contributed by atoms with E-state index < -0.39 is 0 Å². The van der Waals surface area contributed by atoms with Crippen LogP contribution in [0.4, 0.5) is 0 Å². The van der Waals surface area contributed by atoms with Crippen molar-refractivity contribution in [2.75, 3.05) is 0 Å². The predicted molar refractivity (Wildman–Crippen MR) is 67.1 cm³/mol. The molecular formula is C12H9N3S. The molecule has 0 amide bonds. The van der Waals surface area contributed by atoms with Crippen molar-refractivity contribution in [1.82, 2.24) is 13.7 Å². The number of fused-ring (bicyclic) bond motifs is 1. The summed E-state index contributed by atoms with van der Waals surface area (Å²) in [5, 5.41) is 1.22. The van der Waals surface area contributed by atoms with Crippen LogP contribution in [0.15, 0.2) is 36.7 Å². The van der Waals surface area contributed by atoms with E-state index in [0.29, 0.717) is 0 Å². The highest BCUT2D eigenvalue weighted by molar-refractivity contribution is 6.99. The third-order valence-electron chi connectivity index (χ3n) is 2.43. The van der Waals surface area contributed by atoms with E-state index in [4.69, 9.17) is 0 Å². The summed E-state index contributed by atoms with van der Waals surface area (Å²) in [7, 11) is 0. The van der Waals surface area contributed by atoms with Crippen LogP contribution in [0.1, 0.15) is 11.3 Å². The van der Waals surface area contributed by atoms with Crippen LogP contribution >= 0.6 is 11.7 Å². The molecule has 0 fully saturated rings. The van der Waals surface area contributed by atoms with Crippen LogP contribution in [0.25, 0.3) is 23.1 Å². The molecular weight excluding hydrogens is 218 g/mol. The average Bonchev–Trinajstić information content (AvgIpc) is 2.96. The molecule has 0 radical (unpaired) electrons. The van der Waals surface area contributed by atoms with Crippen molar-refractivity contribution in [1.29, 1.82) is 0 Å². The summed E-state index contributed by atoms with van der Waals surface area (Å²) in [6.45, 7) is 0. The molecule has 4 heteroatoms. The van der Waals surface area contributed by atoms with Crippen molar-refractivity contribution >= 4 is 34.8 Å². The number of hydrogen-bond acceptors (Lipinski definition) is 3. The smallest absolute Gasteiger partial charge is 0.0969 e. The van der Waals surface area contributed by atoms with E-state index in [1.54, 1.807) is 6.20 Å². The highest BCUT2D eigenvalue weighted by atomic mass is 32.1. The van der Waals surface area contributed by atoms with Gasteiger partial charge in [0.15, 0.2) is 0 Å². The normalized spacial score (nSPS) is 11.5. The Morgan fingerprint density at radius 1 is 1.19 bits per heavy atom. The van der Waals surface area contributed by atoms with Crippen LogP contribution < -0.4 is 0 Å². The van der Waals surface area contributed by atoms with Crippen LogP contribution in [-0.4, -0.2) is 13.7 Å². The van der Waals surface area contributed by atoms with E-state index >= 15 is 0 Å². The van der Waals surface area contributed by atoms with Crippen molar-refractivity contribution in [3.8, 4) is 0 Å². The van der Waals surface area contributed by atoms with Gasteiger partial charge < -0.3 is 4.98 Å². The van der Waals surface area contributed by atoms with Crippen LogP contribution in [0.3, 0.4) is 0 Å². The minimum atomic E-state index is 0.898. The zero-order chi connectivity index (χ0) is 10.8. The fourth-order valence-corrected chi connectivity index (χ4v) is 2.06. The first-order valence-corrected chi connectivity index (χ1v) is 5.68. The number of H-pyrrole nitrogens is 1. The number of hydrogen-bond donors (Lipinski definition) is 1. The standard InChI is InChI=1S/C12H9N3S/c1-2-4-12-11(3-1)9(7-13-12)5-6-10-8-14-16-15-10/h1-8,13H. The van der Waals surface area contributed by atoms with E-state index in [-0.39, 0.29) is 0 Å². The molecule has 2 heterocycles. The van der Waals surface area contributed by atoms with E-state index in [9.17, 15) is 0 Å². The van der Waals surface area contributed by atoms with Crippen molar-refractivity contribution < 1.29 is 0 Å². The molecule has 2 aromatic heterocycles. The second-order valence-electron chi connectivity index (χ2n) is 3.46. The van der Waals surface area contributed by atoms with Crippen LogP contribution in [0.5, 0.6) is 0 Å². The number of para-hydroxylation sites is 1. The number of aromatic amines is 1. The molecule has 0 unspecified atom stereocenters. The van der Waals surface area contributed by atoms with Gasteiger partial charge in [-0.3, -0.25) is 0 Å². The van der Waals surface area contributed by atoms with Crippen molar-refractivity contribution in [3.63, 3.8) is 0 Å². The first-order chi connectivity index (χ1) is 7.93. The zero-order valence-electron chi connectivity index (χ0n) is 8.42. The van der Waals surface area contributed by atoms with Crippen molar-refractivity contribution in [2.45, 2.75) is 0 Å². The second-order valence-corrected chi connectivity index (χ2v) is 4.01. The van der Waals surface area contributed by atoms with Gasteiger partial charge in [0.05, 0.1) is 23.6 Å². The maximum absolute atomic E-state index is 4.13. The van der Waals surface area contributed by atoms with Crippen molar-refractivity contribution in [3.05, 3.63) is 47.9 Å². The molecule has 16 heavy (non-hydrogen) atoms. The van der Waals surface area contributed by atoms with Gasteiger partial charge in [0.1, 0.15) is 0 Å². The monoisotopic (exact) mass is 227 g/mol. The number of benzene rings is 1. The molecule has 3 nitrogen and oxygen atoms in total. The summed E-state index contributed by atoms with van der Waals surface area (Å²) in [4.78, 5) is 3.23. The summed E-state index contributed by atoms with van der Waals surface area (Å²) >= 11 is 1.22. The van der Waals surface area contributed by atoms with Crippen LogP contribution in [-0.2, 0) is 0 Å². The quantitative estimate of drug-likeness (QED) is 0.730. The fraction of sp³-hybridized carbons (Fsp3) is 0. The van der Waals surface area contributed by atoms with Gasteiger partial charge >= 0.3 is 0 Å². The summed E-state index contributed by atoms with van der Waals surface area (Å²) in [5.41, 5.74) is 3.22. The lowest BCUT2D eigenvalue weighted by atomic mass is 10.1. The van der Waals surface area contributed by atoms with Gasteiger partial charge in [0.2, 0.25) is 0 Å². The third-order valence-corrected chi connectivity index (χ3v) is 2.93. The predicted octanol–water partition coefficient (Wildman–Crippen LogP) is 3.19. The molecule has 0 saturated carbocycles. The summed E-state index contributed by atoms with van der Waals surface area (Å²) in [5.74, 6) is 0. The molecule has 1 N–H and O–H groups in total. The Morgan fingerprint density at radius 3 is 3.00 bits per heavy atom. The van der Waals surface area contributed by atoms with Gasteiger partial charge in [-0.15, -0.1) is 0 Å². The molecule has 0 bridgehead atoms. The topological polar surface area (TPSA) is 41.6 Å². The van der Waals surface area contributed by atoms with Crippen LogP contribution in [0, 0.1) is 0 Å². The van der Waals surface area contributed by atoms with E-state index in [1.807, 2.05) is 24.4 Å². The first-order valence-electron chi connectivity index (χ1n) is 4.95. The van der Waals surface area contributed by atoms with Gasteiger partial charge in [-0.25, -0.2) is 0 Å². The number of nitrogens with one attached hydrogen (secondary N) is 1. The molecule has 3 aromatic rings. The molecule has 0 saturated heterocycles. The highest BCUT2D eigenvalue weighted by Gasteiger charge is 1.98. The Labute approximate surface area is 96.8 Å². The molecule has 0 atom stereocenters. The van der Waals surface area contributed by atoms with E-state index in [2.05, 4.69) is 31.9 Å². The Bertz CT molecular complexity index is 623. The molecule has 78 valence electrons. The summed E-state index contributed by atoms with van der Waals surface area (Å²) in [6, 6.07) is 8.23. The maximum atomic E-state index is 4.13. The molecule has 1 aromatic carbocycles. The zero-order valence-corrected chi connectivity index (χ0v) is 9.24. The van der Waals surface area contributed by atoms with Gasteiger partial charge in [0, 0.05) is 17.1 Å². The lowest BCUT2D eigenvalue weighted by Crippen LogP contribution is -1.69. The minimum absolute atomic E-state index is 0.898. The van der Waals surface area contributed by atoms with Gasteiger partial charge in [-0.1, -0.05) is 24.3 Å². The SMILES string of the molecule is C(=Cc1c[nH]c2ccccc12)c1cnsn1. The number of nitrogens with zero attached hydrogens (tertiary/aromatic N) is 2. The fourth-order valence-electron chi connectivity index (χ4n) is 1.65. The largest absolute Gasteiger partial charge is 0.361 e. The van der Waals surface area contributed by atoms with Crippen molar-refractivity contribution in [2.24, 2.45) is 0 Å². The Morgan fingerprint density at radius 2 is 2.12 bits per heavy atom. The number of aromatic nitrogens is 3. The lowest BCUT2D eigenvalue weighted by molar-refractivity contribution is 1.47. The summed E-state index contributed by atoms with van der Waals surface area (Å²) < 4.78 is 8.09. The Balaban J connectivity index is 2.01. The highest BCUT2D eigenvalue weighted by Crippen LogP contribution is 2.19. The Kier molecular flexibility index (Phi) is 2.27. The number of rotatable bonds is 2. The lowest BCUT2D eigenvalue weighted by Gasteiger charge is -1.89. The van der Waals surface area contributed by atoms with Crippen LogP contribution in [0.2, 0.25) is 0 Å². The van der Waals surface area contributed by atoms with E-state index in [0.717, 1.165) is 11.2 Å². The molecule has 0 aliphatic rings. The molecule has 0 spiro atoms. The molecule has 0 aliphatic heterocycles. The summed E-state index contributed by atoms with van der Waals surface area (Å²) in [6.07, 6.45) is 7.78. The minimum Gasteiger partial charge on any atom is -0.361 e.